The Balaban J connectivity index is 1.25. The molecule has 0 aliphatic carbocycles. The van der Waals surface area contributed by atoms with Gasteiger partial charge in [-0.3, -0.25) is 0 Å². The lowest BCUT2D eigenvalue weighted by Crippen LogP contribution is -2.54. The van der Waals surface area contributed by atoms with Crippen LogP contribution >= 0.6 is 68.0 Å². The van der Waals surface area contributed by atoms with E-state index >= 15 is 0 Å². The molecule has 6 rings (SSSR count). The molecule has 0 aliphatic heterocycles. The van der Waals surface area contributed by atoms with Crippen molar-refractivity contribution in [3.05, 3.63) is 48.5 Å². The van der Waals surface area contributed by atoms with Crippen LogP contribution in [0.1, 0.15) is 83.1 Å². The summed E-state index contributed by atoms with van der Waals surface area (Å²) < 4.78 is 9.23. The molecule has 0 fully saturated rings. The second-order valence-corrected chi connectivity index (χ2v) is 34.0. The van der Waals surface area contributed by atoms with E-state index in [1.165, 1.54) is 48.1 Å². The van der Waals surface area contributed by atoms with Gasteiger partial charge < -0.3 is 0 Å². The summed E-state index contributed by atoms with van der Waals surface area (Å²) in [4.78, 5) is 8.53. The second kappa shape index (κ2) is 13.1. The Hall–Kier alpha value is -0.846. The second-order valence-electron chi connectivity index (χ2n) is 15.0. The molecule has 0 spiro atoms. The lowest BCUT2D eigenvalue weighted by atomic mass is 10.3. The first-order valence-corrected chi connectivity index (χ1v) is 26.4. The highest BCUT2D eigenvalue weighted by molar-refractivity contribution is 7.38. The van der Waals surface area contributed by atoms with Crippen molar-refractivity contribution in [3.63, 3.8) is 0 Å². The zero-order valence-electron chi connectivity index (χ0n) is 29.5. The summed E-state index contributed by atoms with van der Waals surface area (Å²) in [7, 11) is -3.23. The molecule has 0 nitrogen and oxygen atoms in total. The fourth-order valence-corrected chi connectivity index (χ4v) is 34.4. The lowest BCUT2D eigenvalue weighted by Gasteiger charge is -2.42. The lowest BCUT2D eigenvalue weighted by molar-refractivity contribution is 0.837. The van der Waals surface area contributed by atoms with Gasteiger partial charge in [0, 0.05) is 48.1 Å². The number of fused-ring (bicyclic) bond motifs is 2. The van der Waals surface area contributed by atoms with Crippen molar-refractivity contribution < 1.29 is 0 Å². The van der Waals surface area contributed by atoms with Crippen molar-refractivity contribution in [1.82, 2.24) is 0 Å². The quantitative estimate of drug-likeness (QED) is 0.116. The van der Waals surface area contributed by atoms with Crippen molar-refractivity contribution in [3.8, 4) is 29.3 Å². The molecule has 0 saturated heterocycles. The van der Waals surface area contributed by atoms with Gasteiger partial charge in [0.15, 0.2) is 0 Å². The van der Waals surface area contributed by atoms with Crippen LogP contribution in [0.5, 0.6) is 0 Å². The van der Waals surface area contributed by atoms with Crippen molar-refractivity contribution in [1.29, 1.82) is 0 Å². The number of hydrogen-bond donors (Lipinski definition) is 0. The summed E-state index contributed by atoms with van der Waals surface area (Å²) in [6.45, 7) is 29.7. The standard InChI is InChI=1S/C38H50S6Si2/c1-21(2)45(22(3)4,23(5)6)37-16-15-28(43-37)27-13-14-29(39-27)30-17-31-32(40-30)18-33(41-31)34-19-35-36(42-34)20-38(44-35)46(24(7)8,25(9)10)26(11)12/h13-26H,1-12H3. The van der Waals surface area contributed by atoms with Gasteiger partial charge in [0.2, 0.25) is 0 Å². The van der Waals surface area contributed by atoms with Gasteiger partial charge >= 0.3 is 0 Å². The largest absolute Gasteiger partial charge is 0.144 e. The average Bonchev–Trinajstić information content (AvgIpc) is 3.76. The summed E-state index contributed by atoms with van der Waals surface area (Å²) in [5.74, 6) is 0. The fourth-order valence-electron chi connectivity index (χ4n) is 9.26. The third-order valence-electron chi connectivity index (χ3n) is 10.9. The summed E-state index contributed by atoms with van der Waals surface area (Å²) in [5.41, 5.74) is 4.48. The molecule has 0 saturated carbocycles. The molecule has 0 atom stereocenters. The van der Waals surface area contributed by atoms with Crippen molar-refractivity contribution >= 4 is 112 Å². The molecule has 0 N–H and O–H groups in total. The van der Waals surface area contributed by atoms with E-state index in [2.05, 4.69) is 154 Å². The molecule has 0 amide bonds. The maximum atomic E-state index is 2.59. The Morgan fingerprint density at radius 3 is 1.09 bits per heavy atom. The van der Waals surface area contributed by atoms with Crippen LogP contribution in [0.4, 0.5) is 0 Å². The normalized spacial score (nSPS) is 13.5. The van der Waals surface area contributed by atoms with Gasteiger partial charge in [-0.1, -0.05) is 89.2 Å². The first-order chi connectivity index (χ1) is 21.7. The molecule has 6 heterocycles. The van der Waals surface area contributed by atoms with Crippen LogP contribution in [-0.2, 0) is 0 Å². The zero-order valence-corrected chi connectivity index (χ0v) is 36.4. The van der Waals surface area contributed by atoms with E-state index in [-0.39, 0.29) is 0 Å². The molecule has 0 aromatic carbocycles. The van der Waals surface area contributed by atoms with Gasteiger partial charge in [-0.15, -0.1) is 68.0 Å². The van der Waals surface area contributed by atoms with E-state index in [4.69, 9.17) is 0 Å². The fraction of sp³-hybridized carbons (Fsp3) is 0.474. The first-order valence-electron chi connectivity index (χ1n) is 17.0. The summed E-state index contributed by atoms with van der Waals surface area (Å²) in [6.07, 6.45) is 0. The smallest absolute Gasteiger partial charge is 0.107 e. The molecule has 6 aromatic heterocycles. The first kappa shape index (κ1) is 35.0. The molecule has 8 heteroatoms. The molecular weight excluding hydrogens is 705 g/mol. The Morgan fingerprint density at radius 1 is 0.326 bits per heavy atom. The predicted molar refractivity (Wildman–Crippen MR) is 226 cm³/mol. The number of thiophene rings is 6. The Bertz CT molecular complexity index is 1840. The molecular formula is C38H50S6Si2. The van der Waals surface area contributed by atoms with Crippen LogP contribution in [0.15, 0.2) is 48.5 Å². The van der Waals surface area contributed by atoms with E-state index in [1.807, 2.05) is 45.3 Å². The van der Waals surface area contributed by atoms with Crippen LogP contribution in [0.3, 0.4) is 0 Å². The molecule has 0 bridgehead atoms. The summed E-state index contributed by atoms with van der Waals surface area (Å²) in [5, 5.41) is 0. The van der Waals surface area contributed by atoms with Crippen LogP contribution in [-0.4, -0.2) is 16.1 Å². The van der Waals surface area contributed by atoms with Crippen LogP contribution in [0.25, 0.3) is 48.1 Å². The molecule has 6 aromatic rings. The Kier molecular flexibility index (Phi) is 9.98. The van der Waals surface area contributed by atoms with Crippen molar-refractivity contribution in [2.45, 2.75) is 116 Å². The van der Waals surface area contributed by atoms with Crippen molar-refractivity contribution in [2.24, 2.45) is 0 Å². The van der Waals surface area contributed by atoms with Crippen LogP contribution in [0.2, 0.25) is 33.2 Å². The highest BCUT2D eigenvalue weighted by atomic mass is 32.1. The van der Waals surface area contributed by atoms with E-state index in [1.54, 1.807) is 9.00 Å². The Morgan fingerprint density at radius 2 is 0.652 bits per heavy atom. The minimum atomic E-state index is -1.62. The molecule has 0 unspecified atom stereocenters. The van der Waals surface area contributed by atoms with Gasteiger partial charge in [-0.25, -0.2) is 0 Å². The molecule has 0 radical (unpaired) electrons. The maximum Gasteiger partial charge on any atom is 0.107 e. The van der Waals surface area contributed by atoms with Gasteiger partial charge in [0.1, 0.15) is 16.1 Å². The maximum absolute atomic E-state index is 2.59. The minimum Gasteiger partial charge on any atom is -0.144 e. The third-order valence-corrected chi connectivity index (χ3v) is 34.1. The predicted octanol–water partition coefficient (Wildman–Crippen LogP) is 15.1. The van der Waals surface area contributed by atoms with E-state index < -0.39 is 16.1 Å². The topological polar surface area (TPSA) is 0 Å². The SMILES string of the molecule is CC(C)[Si](c1ccc(-c2ccc(-c3cc4sc(-c5cc6sc([Si](C(C)C)(C(C)C)C(C)C)cc6s5)cc4s3)s2)s1)(C(C)C)C(C)C. The van der Waals surface area contributed by atoms with Crippen LogP contribution < -0.4 is 9.00 Å². The highest BCUT2D eigenvalue weighted by Crippen LogP contribution is 2.49. The third kappa shape index (κ3) is 5.59. The van der Waals surface area contributed by atoms with E-state index in [0.29, 0.717) is 0 Å². The molecule has 246 valence electrons. The average molecular weight is 755 g/mol. The summed E-state index contributed by atoms with van der Waals surface area (Å²) >= 11 is 12.1. The number of rotatable bonds is 11. The minimum absolute atomic E-state index is 0.741. The molecule has 46 heavy (non-hydrogen) atoms. The molecule has 0 aliphatic rings. The van der Waals surface area contributed by atoms with Crippen LogP contribution in [0, 0.1) is 0 Å². The van der Waals surface area contributed by atoms with Gasteiger partial charge in [0.25, 0.3) is 0 Å². The van der Waals surface area contributed by atoms with Gasteiger partial charge in [-0.2, -0.15) is 0 Å². The van der Waals surface area contributed by atoms with Gasteiger partial charge in [-0.05, 0) is 84.7 Å². The highest BCUT2D eigenvalue weighted by Gasteiger charge is 2.46. The van der Waals surface area contributed by atoms with E-state index in [0.717, 1.165) is 33.2 Å². The van der Waals surface area contributed by atoms with Gasteiger partial charge in [0.05, 0.1) is 0 Å². The van der Waals surface area contributed by atoms with Crippen molar-refractivity contribution in [2.75, 3.05) is 0 Å². The Labute approximate surface area is 303 Å². The van der Waals surface area contributed by atoms with E-state index in [9.17, 15) is 0 Å². The monoisotopic (exact) mass is 754 g/mol. The number of hydrogen-bond acceptors (Lipinski definition) is 6. The zero-order chi connectivity index (χ0) is 33.3. The summed E-state index contributed by atoms with van der Waals surface area (Å²) in [6, 6.07) is 19.6.